The van der Waals surface area contributed by atoms with Gasteiger partial charge in [-0.2, -0.15) is 0 Å². The van der Waals surface area contributed by atoms with Gasteiger partial charge < -0.3 is 16.0 Å². The summed E-state index contributed by atoms with van der Waals surface area (Å²) in [6.07, 6.45) is 7.05. The maximum Gasteiger partial charge on any atom is 0.223 e. The van der Waals surface area contributed by atoms with E-state index in [2.05, 4.69) is 34.8 Å². The fourth-order valence-corrected chi connectivity index (χ4v) is 2.06. The molecule has 1 aliphatic carbocycles. The summed E-state index contributed by atoms with van der Waals surface area (Å²) in [5, 5.41) is 9.54. The highest BCUT2D eigenvalue weighted by atomic mass is 127. The third-order valence-corrected chi connectivity index (χ3v) is 3.51. The normalized spacial score (nSPS) is 15.9. The number of nitrogens with zero attached hydrogens (tertiary/aromatic N) is 1. The molecule has 5 nitrogen and oxygen atoms in total. The van der Waals surface area contributed by atoms with Crippen LogP contribution in [0.3, 0.4) is 0 Å². The molecule has 1 saturated carbocycles. The van der Waals surface area contributed by atoms with Crippen molar-refractivity contribution < 1.29 is 4.79 Å². The highest BCUT2D eigenvalue weighted by molar-refractivity contribution is 14.0. The smallest absolute Gasteiger partial charge is 0.223 e. The molecule has 0 heterocycles. The number of carbonyl (C=O) groups excluding carboxylic acids is 1. The summed E-state index contributed by atoms with van der Waals surface area (Å²) in [6, 6.07) is 0.425. The minimum absolute atomic E-state index is 0. The second-order valence-corrected chi connectivity index (χ2v) is 5.61. The largest absolute Gasteiger partial charge is 0.355 e. The summed E-state index contributed by atoms with van der Waals surface area (Å²) in [5.41, 5.74) is 0. The molecule has 1 unspecified atom stereocenters. The van der Waals surface area contributed by atoms with Crippen LogP contribution in [-0.4, -0.2) is 38.0 Å². The van der Waals surface area contributed by atoms with Crippen molar-refractivity contribution in [2.24, 2.45) is 10.9 Å². The maximum absolute atomic E-state index is 11.5. The van der Waals surface area contributed by atoms with Gasteiger partial charge in [-0.05, 0) is 26.2 Å². The number of guanidine groups is 1. The van der Waals surface area contributed by atoms with Crippen LogP contribution in [0.15, 0.2) is 4.99 Å². The van der Waals surface area contributed by atoms with Crippen molar-refractivity contribution in [3.05, 3.63) is 0 Å². The number of hydrogen-bond donors (Lipinski definition) is 3. The van der Waals surface area contributed by atoms with E-state index in [9.17, 15) is 4.79 Å². The number of halogens is 1. The minimum atomic E-state index is 0. The van der Waals surface area contributed by atoms with Gasteiger partial charge in [0, 0.05) is 32.1 Å². The average molecular weight is 410 g/mol. The fraction of sp³-hybridized carbons (Fsp3) is 0.867. The summed E-state index contributed by atoms with van der Waals surface area (Å²) in [4.78, 5) is 15.7. The third kappa shape index (κ3) is 9.92. The zero-order valence-corrected chi connectivity index (χ0v) is 15.9. The van der Waals surface area contributed by atoms with Crippen LogP contribution in [0.4, 0.5) is 0 Å². The van der Waals surface area contributed by atoms with Crippen LogP contribution in [0.2, 0.25) is 0 Å². The molecule has 0 spiro atoms. The predicted octanol–water partition coefficient (Wildman–Crippen LogP) is 2.26. The van der Waals surface area contributed by atoms with Crippen molar-refractivity contribution in [2.75, 3.05) is 20.1 Å². The molecule has 3 N–H and O–H groups in total. The van der Waals surface area contributed by atoms with Crippen LogP contribution >= 0.6 is 24.0 Å². The number of hydrogen-bond acceptors (Lipinski definition) is 2. The molecule has 0 aromatic rings. The van der Waals surface area contributed by atoms with Crippen LogP contribution in [0, 0.1) is 5.92 Å². The quantitative estimate of drug-likeness (QED) is 0.237. The fourth-order valence-electron chi connectivity index (χ4n) is 2.06. The lowest BCUT2D eigenvalue weighted by molar-refractivity contribution is -0.122. The molecule has 6 heteroatoms. The Morgan fingerprint density at radius 3 is 2.48 bits per heavy atom. The first-order valence-electron chi connectivity index (χ1n) is 7.92. The van der Waals surface area contributed by atoms with Crippen molar-refractivity contribution in [2.45, 2.75) is 58.4 Å². The average Bonchev–Trinajstić information content (AvgIpc) is 3.26. The maximum atomic E-state index is 11.5. The second kappa shape index (κ2) is 12.1. The van der Waals surface area contributed by atoms with Crippen molar-refractivity contribution in [1.29, 1.82) is 0 Å². The van der Waals surface area contributed by atoms with E-state index in [-0.39, 0.29) is 35.8 Å². The molecular weight excluding hydrogens is 379 g/mol. The van der Waals surface area contributed by atoms with E-state index < -0.39 is 0 Å². The van der Waals surface area contributed by atoms with Gasteiger partial charge in [0.1, 0.15) is 0 Å². The summed E-state index contributed by atoms with van der Waals surface area (Å²) in [5.74, 6) is 1.29. The van der Waals surface area contributed by atoms with Crippen molar-refractivity contribution in [3.8, 4) is 0 Å². The number of carbonyl (C=O) groups is 1. The standard InChI is InChI=1S/C15H30N4O.HI/c1-4-5-6-7-12(2)19-15(16-3)18-11-10-17-14(20)13-8-9-13;/h12-13H,4-11H2,1-3H3,(H,17,20)(H2,16,18,19);1H. The summed E-state index contributed by atoms with van der Waals surface area (Å²) in [6.45, 7) is 5.76. The van der Waals surface area contributed by atoms with Crippen LogP contribution in [0.1, 0.15) is 52.4 Å². The van der Waals surface area contributed by atoms with Gasteiger partial charge in [-0.15, -0.1) is 24.0 Å². The van der Waals surface area contributed by atoms with E-state index in [0.717, 1.165) is 25.2 Å². The molecule has 1 amide bonds. The van der Waals surface area contributed by atoms with Gasteiger partial charge in [0.05, 0.1) is 0 Å². The Bertz CT molecular complexity index is 319. The zero-order valence-electron chi connectivity index (χ0n) is 13.6. The zero-order chi connectivity index (χ0) is 14.8. The Labute approximate surface area is 146 Å². The molecule has 1 rings (SSSR count). The molecule has 0 radical (unpaired) electrons. The number of aliphatic imine (C=N–C) groups is 1. The first-order chi connectivity index (χ1) is 9.67. The summed E-state index contributed by atoms with van der Waals surface area (Å²) < 4.78 is 0. The van der Waals surface area contributed by atoms with E-state index >= 15 is 0 Å². The van der Waals surface area contributed by atoms with E-state index in [1.807, 2.05) is 0 Å². The van der Waals surface area contributed by atoms with Crippen LogP contribution in [0.25, 0.3) is 0 Å². The molecule has 1 aliphatic rings. The Balaban J connectivity index is 0.00000400. The molecule has 1 fully saturated rings. The number of unbranched alkanes of at least 4 members (excludes halogenated alkanes) is 2. The molecule has 21 heavy (non-hydrogen) atoms. The van der Waals surface area contributed by atoms with Gasteiger partial charge in [-0.3, -0.25) is 9.79 Å². The first-order valence-corrected chi connectivity index (χ1v) is 7.92. The summed E-state index contributed by atoms with van der Waals surface area (Å²) in [7, 11) is 1.77. The van der Waals surface area contributed by atoms with Gasteiger partial charge in [0.2, 0.25) is 5.91 Å². The Kier molecular flexibility index (Phi) is 11.8. The Morgan fingerprint density at radius 2 is 1.90 bits per heavy atom. The van der Waals surface area contributed by atoms with E-state index in [4.69, 9.17) is 0 Å². The van der Waals surface area contributed by atoms with Gasteiger partial charge in [0.25, 0.3) is 0 Å². The SMILES string of the molecule is CCCCCC(C)NC(=NC)NCCNC(=O)C1CC1.I. The third-order valence-electron chi connectivity index (χ3n) is 3.51. The highest BCUT2D eigenvalue weighted by Gasteiger charge is 2.28. The number of nitrogens with one attached hydrogen (secondary N) is 3. The van der Waals surface area contributed by atoms with E-state index in [0.29, 0.717) is 19.1 Å². The topological polar surface area (TPSA) is 65.5 Å². The Hall–Kier alpha value is -0.530. The molecular formula is C15H31IN4O. The Morgan fingerprint density at radius 1 is 1.24 bits per heavy atom. The lowest BCUT2D eigenvalue weighted by Gasteiger charge is -2.18. The van der Waals surface area contributed by atoms with Gasteiger partial charge in [-0.1, -0.05) is 26.2 Å². The van der Waals surface area contributed by atoms with Gasteiger partial charge >= 0.3 is 0 Å². The molecule has 0 aliphatic heterocycles. The first kappa shape index (κ1) is 20.5. The van der Waals surface area contributed by atoms with Crippen LogP contribution in [0.5, 0.6) is 0 Å². The second-order valence-electron chi connectivity index (χ2n) is 5.61. The van der Waals surface area contributed by atoms with Crippen molar-refractivity contribution in [3.63, 3.8) is 0 Å². The molecule has 0 bridgehead atoms. The van der Waals surface area contributed by atoms with Gasteiger partial charge in [-0.25, -0.2) is 0 Å². The van der Waals surface area contributed by atoms with Crippen molar-refractivity contribution >= 4 is 35.8 Å². The highest BCUT2D eigenvalue weighted by Crippen LogP contribution is 2.28. The number of amides is 1. The number of rotatable bonds is 9. The van der Waals surface area contributed by atoms with Crippen LogP contribution < -0.4 is 16.0 Å². The minimum Gasteiger partial charge on any atom is -0.355 e. The lowest BCUT2D eigenvalue weighted by atomic mass is 10.1. The van der Waals surface area contributed by atoms with Gasteiger partial charge in [0.15, 0.2) is 5.96 Å². The molecule has 124 valence electrons. The summed E-state index contributed by atoms with van der Waals surface area (Å²) >= 11 is 0. The molecule has 0 aromatic heterocycles. The van der Waals surface area contributed by atoms with E-state index in [1.165, 1.54) is 19.3 Å². The monoisotopic (exact) mass is 410 g/mol. The lowest BCUT2D eigenvalue weighted by Crippen LogP contribution is -2.44. The predicted molar refractivity (Wildman–Crippen MR) is 99.3 cm³/mol. The molecule has 0 aromatic carbocycles. The van der Waals surface area contributed by atoms with Crippen molar-refractivity contribution in [1.82, 2.24) is 16.0 Å². The van der Waals surface area contributed by atoms with Crippen LogP contribution in [-0.2, 0) is 4.79 Å². The molecule has 0 saturated heterocycles. The van der Waals surface area contributed by atoms with E-state index in [1.54, 1.807) is 7.05 Å². The molecule has 1 atom stereocenters.